The van der Waals surface area contributed by atoms with Crippen LogP contribution in [-0.2, 0) is 14.9 Å². The molecule has 0 unspecified atom stereocenters. The van der Waals surface area contributed by atoms with Gasteiger partial charge in [-0.15, -0.1) is 0 Å². The number of rotatable bonds is 6. The Hall–Kier alpha value is -2.94. The van der Waals surface area contributed by atoms with E-state index in [1.165, 1.54) is 24.8 Å². The molecule has 0 aliphatic rings. The van der Waals surface area contributed by atoms with E-state index in [4.69, 9.17) is 27.9 Å². The van der Waals surface area contributed by atoms with Gasteiger partial charge in [-0.3, -0.25) is 4.79 Å². The van der Waals surface area contributed by atoms with E-state index < -0.39 is 5.41 Å². The van der Waals surface area contributed by atoms with Gasteiger partial charge < -0.3 is 15.4 Å². The molecule has 0 saturated heterocycles. The molecule has 32 heavy (non-hydrogen) atoms. The fraction of sp³-hybridized carbons (Fsp3) is 0.182. The van der Waals surface area contributed by atoms with Crippen LogP contribution in [0.15, 0.2) is 48.8 Å². The summed E-state index contributed by atoms with van der Waals surface area (Å²) in [6.45, 7) is 3.65. The second kappa shape index (κ2) is 8.90. The van der Waals surface area contributed by atoms with Crippen LogP contribution in [0.2, 0.25) is 10.0 Å². The Bertz CT molecular complexity index is 1270. The first-order valence-corrected chi connectivity index (χ1v) is 11.2. The van der Waals surface area contributed by atoms with E-state index in [0.29, 0.717) is 37.0 Å². The zero-order chi connectivity index (χ0) is 22.9. The van der Waals surface area contributed by atoms with E-state index >= 15 is 0 Å². The van der Waals surface area contributed by atoms with Gasteiger partial charge in [0, 0.05) is 5.69 Å². The molecule has 0 atom stereocenters. The van der Waals surface area contributed by atoms with Crippen LogP contribution >= 0.6 is 34.5 Å². The van der Waals surface area contributed by atoms with Crippen LogP contribution < -0.4 is 10.6 Å². The molecule has 2 aromatic heterocycles. The predicted molar refractivity (Wildman–Crippen MR) is 130 cm³/mol. The molecule has 2 N–H and O–H groups in total. The summed E-state index contributed by atoms with van der Waals surface area (Å²) in [6, 6.07) is 12.8. The van der Waals surface area contributed by atoms with Gasteiger partial charge in [-0.2, -0.15) is 0 Å². The van der Waals surface area contributed by atoms with Gasteiger partial charge in [0.25, 0.3) is 0 Å². The Labute approximate surface area is 198 Å². The first-order valence-electron chi connectivity index (χ1n) is 9.58. The second-order valence-electron chi connectivity index (χ2n) is 7.44. The fourth-order valence-corrected chi connectivity index (χ4v) is 4.41. The molecule has 0 aliphatic heterocycles. The zero-order valence-electron chi connectivity index (χ0n) is 17.4. The highest BCUT2D eigenvalue weighted by Crippen LogP contribution is 2.36. The van der Waals surface area contributed by atoms with Crippen LogP contribution in [0.5, 0.6) is 0 Å². The number of fused-ring (bicyclic) bond motifs is 1. The van der Waals surface area contributed by atoms with Crippen LogP contribution in [0.25, 0.3) is 10.3 Å². The minimum Gasteiger partial charge on any atom is -0.468 e. The first-order chi connectivity index (χ1) is 15.3. The first kappa shape index (κ1) is 22.3. The number of benzene rings is 2. The lowest BCUT2D eigenvalue weighted by atomic mass is 9.85. The quantitative estimate of drug-likeness (QED) is 0.307. The van der Waals surface area contributed by atoms with Gasteiger partial charge >= 0.3 is 5.97 Å². The molecule has 0 amide bonds. The SMILES string of the molecule is COC(=O)C(C)(C)c1ccc(Nc2ncnc3sc(Nc4c(Cl)cccc4Cl)nc23)cc1. The van der Waals surface area contributed by atoms with Gasteiger partial charge in [0.1, 0.15) is 11.8 Å². The summed E-state index contributed by atoms with van der Waals surface area (Å²) < 4.78 is 4.90. The molecule has 0 fully saturated rings. The Kier molecular flexibility index (Phi) is 6.19. The van der Waals surface area contributed by atoms with Crippen LogP contribution in [-0.4, -0.2) is 28.0 Å². The number of esters is 1. The van der Waals surface area contributed by atoms with Gasteiger partial charge in [0.15, 0.2) is 15.8 Å². The Morgan fingerprint density at radius 3 is 2.38 bits per heavy atom. The van der Waals surface area contributed by atoms with Gasteiger partial charge in [-0.25, -0.2) is 15.0 Å². The van der Waals surface area contributed by atoms with Crippen molar-refractivity contribution in [2.45, 2.75) is 19.3 Å². The number of nitrogens with one attached hydrogen (secondary N) is 2. The predicted octanol–water partition coefficient (Wildman–Crippen LogP) is 6.33. The average molecular weight is 488 g/mol. The largest absolute Gasteiger partial charge is 0.468 e. The van der Waals surface area contributed by atoms with Crippen LogP contribution in [0, 0.1) is 0 Å². The van der Waals surface area contributed by atoms with Crippen molar-refractivity contribution in [3.8, 4) is 0 Å². The smallest absolute Gasteiger partial charge is 0.315 e. The van der Waals surface area contributed by atoms with E-state index in [9.17, 15) is 4.79 Å². The molecule has 4 aromatic rings. The maximum atomic E-state index is 12.0. The molecule has 164 valence electrons. The van der Waals surface area contributed by atoms with Crippen molar-refractivity contribution in [3.05, 3.63) is 64.4 Å². The maximum absolute atomic E-state index is 12.0. The summed E-state index contributed by atoms with van der Waals surface area (Å²) in [4.78, 5) is 26.0. The maximum Gasteiger partial charge on any atom is 0.315 e. The molecule has 0 saturated carbocycles. The number of aromatic nitrogens is 3. The highest BCUT2D eigenvalue weighted by atomic mass is 35.5. The molecule has 0 radical (unpaired) electrons. The Morgan fingerprint density at radius 2 is 1.72 bits per heavy atom. The van der Waals surface area contributed by atoms with E-state index in [1.54, 1.807) is 18.2 Å². The molecule has 10 heteroatoms. The number of carbonyl (C=O) groups is 1. The number of para-hydroxylation sites is 1. The minimum absolute atomic E-state index is 0.295. The summed E-state index contributed by atoms with van der Waals surface area (Å²) in [6.07, 6.45) is 1.48. The highest BCUT2D eigenvalue weighted by Gasteiger charge is 2.30. The monoisotopic (exact) mass is 487 g/mol. The average Bonchev–Trinajstić information content (AvgIpc) is 3.20. The third kappa shape index (κ3) is 4.34. The van der Waals surface area contributed by atoms with Crippen LogP contribution in [0.4, 0.5) is 22.3 Å². The molecule has 0 spiro atoms. The Morgan fingerprint density at radius 1 is 1.03 bits per heavy atom. The molecule has 0 bridgehead atoms. The number of ether oxygens (including phenoxy) is 1. The molecular weight excluding hydrogens is 469 g/mol. The lowest BCUT2D eigenvalue weighted by Gasteiger charge is -2.22. The molecule has 0 aliphatic carbocycles. The number of hydrogen-bond donors (Lipinski definition) is 2. The fourth-order valence-electron chi connectivity index (χ4n) is 3.10. The topological polar surface area (TPSA) is 89.0 Å². The minimum atomic E-state index is -0.745. The molecule has 2 heterocycles. The van der Waals surface area contributed by atoms with Gasteiger partial charge in [0.2, 0.25) is 0 Å². The normalized spacial score (nSPS) is 11.4. The third-order valence-corrected chi connectivity index (χ3v) is 6.46. The second-order valence-corrected chi connectivity index (χ2v) is 9.23. The van der Waals surface area contributed by atoms with Crippen molar-refractivity contribution >= 4 is 73.2 Å². The Balaban J connectivity index is 1.60. The standard InChI is InChI=1S/C22H19Cl2N5O2S/c1-22(2,20(30)31-3)12-7-9-13(10-8-12)27-18-17-19(26-11-25-18)32-21(29-17)28-16-14(23)5-4-6-15(16)24/h4-11H,1-3H3,(H,28,29)(H,25,26,27). The molecular formula is C22H19Cl2N5O2S. The number of anilines is 4. The molecule has 2 aromatic carbocycles. The summed E-state index contributed by atoms with van der Waals surface area (Å²) in [5, 5.41) is 8.02. The van der Waals surface area contributed by atoms with Crippen molar-refractivity contribution in [3.63, 3.8) is 0 Å². The van der Waals surface area contributed by atoms with E-state index in [-0.39, 0.29) is 5.97 Å². The zero-order valence-corrected chi connectivity index (χ0v) is 19.8. The van der Waals surface area contributed by atoms with Crippen LogP contribution in [0.1, 0.15) is 19.4 Å². The summed E-state index contributed by atoms with van der Waals surface area (Å²) in [5.41, 5.74) is 2.10. The van der Waals surface area contributed by atoms with E-state index in [0.717, 1.165) is 11.3 Å². The van der Waals surface area contributed by atoms with Gasteiger partial charge in [-0.05, 0) is 43.7 Å². The number of thiazole rings is 1. The van der Waals surface area contributed by atoms with Crippen molar-refractivity contribution in [2.75, 3.05) is 17.7 Å². The molecule has 4 rings (SSSR count). The van der Waals surface area contributed by atoms with Crippen molar-refractivity contribution < 1.29 is 9.53 Å². The third-order valence-electron chi connectivity index (χ3n) is 4.96. The number of carbonyl (C=O) groups excluding carboxylic acids is 1. The number of hydrogen-bond acceptors (Lipinski definition) is 8. The van der Waals surface area contributed by atoms with Crippen molar-refractivity contribution in [1.29, 1.82) is 0 Å². The summed E-state index contributed by atoms with van der Waals surface area (Å²) >= 11 is 13.9. The highest BCUT2D eigenvalue weighted by molar-refractivity contribution is 7.21. The number of nitrogens with zero attached hydrogens (tertiary/aromatic N) is 3. The molecule has 7 nitrogen and oxygen atoms in total. The number of methoxy groups -OCH3 is 1. The van der Waals surface area contributed by atoms with Crippen LogP contribution in [0.3, 0.4) is 0 Å². The van der Waals surface area contributed by atoms with E-state index in [1.807, 2.05) is 38.1 Å². The lowest BCUT2D eigenvalue weighted by Crippen LogP contribution is -2.30. The summed E-state index contributed by atoms with van der Waals surface area (Å²) in [7, 11) is 1.39. The summed E-state index contributed by atoms with van der Waals surface area (Å²) in [5.74, 6) is 0.265. The van der Waals surface area contributed by atoms with Crippen molar-refractivity contribution in [1.82, 2.24) is 15.0 Å². The number of halogens is 2. The van der Waals surface area contributed by atoms with Gasteiger partial charge in [0.05, 0.1) is 28.3 Å². The lowest BCUT2D eigenvalue weighted by molar-refractivity contribution is -0.146. The van der Waals surface area contributed by atoms with E-state index in [2.05, 4.69) is 25.6 Å². The van der Waals surface area contributed by atoms with Crippen molar-refractivity contribution in [2.24, 2.45) is 0 Å². The van der Waals surface area contributed by atoms with Gasteiger partial charge in [-0.1, -0.05) is 52.7 Å².